The van der Waals surface area contributed by atoms with Gasteiger partial charge in [-0.1, -0.05) is 37.3 Å². The quantitative estimate of drug-likeness (QED) is 0.649. The fourth-order valence-electron chi connectivity index (χ4n) is 1.98. The molecule has 23 heavy (non-hydrogen) atoms. The van der Waals surface area contributed by atoms with Gasteiger partial charge < -0.3 is 10.1 Å². The molecule has 4 heteroatoms. The number of ketones is 1. The summed E-state index contributed by atoms with van der Waals surface area (Å²) in [6.07, 6.45) is 3.66. The van der Waals surface area contributed by atoms with E-state index >= 15 is 0 Å². The molecule has 0 heterocycles. The van der Waals surface area contributed by atoms with E-state index in [-0.39, 0.29) is 11.7 Å². The lowest BCUT2D eigenvalue weighted by atomic mass is 10.1. The predicted octanol–water partition coefficient (Wildman–Crippen LogP) is 3.94. The Morgan fingerprint density at radius 2 is 1.87 bits per heavy atom. The number of rotatable bonds is 6. The Bertz CT molecular complexity index is 718. The number of nitrogens with one attached hydrogen (secondary N) is 1. The predicted molar refractivity (Wildman–Crippen MR) is 91.7 cm³/mol. The number of hydrogen-bond acceptors (Lipinski definition) is 3. The third kappa shape index (κ3) is 4.81. The number of benzene rings is 2. The van der Waals surface area contributed by atoms with E-state index in [0.29, 0.717) is 17.7 Å². The van der Waals surface area contributed by atoms with E-state index in [2.05, 4.69) is 5.32 Å². The smallest absolute Gasteiger partial charge is 0.224 e. The summed E-state index contributed by atoms with van der Waals surface area (Å²) in [6.45, 7) is 1.78. The maximum Gasteiger partial charge on any atom is 0.224 e. The molecule has 0 spiro atoms. The van der Waals surface area contributed by atoms with Gasteiger partial charge in [-0.3, -0.25) is 9.59 Å². The third-order valence-corrected chi connectivity index (χ3v) is 3.29. The monoisotopic (exact) mass is 309 g/mol. The number of methoxy groups -OCH3 is 1. The van der Waals surface area contributed by atoms with Crippen molar-refractivity contribution in [1.82, 2.24) is 0 Å². The lowest BCUT2D eigenvalue weighted by molar-refractivity contribution is -0.115. The largest absolute Gasteiger partial charge is 0.497 e. The first kappa shape index (κ1) is 16.5. The molecule has 0 radical (unpaired) electrons. The molecule has 2 aromatic rings. The van der Waals surface area contributed by atoms with Crippen LogP contribution in [-0.2, 0) is 4.79 Å². The molecule has 4 nitrogen and oxygen atoms in total. The summed E-state index contributed by atoms with van der Waals surface area (Å²) >= 11 is 0. The molecule has 0 bridgehead atoms. The maximum atomic E-state index is 12.2. The van der Waals surface area contributed by atoms with E-state index in [1.54, 1.807) is 44.4 Å². The van der Waals surface area contributed by atoms with Crippen LogP contribution in [0.1, 0.15) is 29.3 Å². The number of hydrogen-bond donors (Lipinski definition) is 1. The highest BCUT2D eigenvalue weighted by molar-refractivity contribution is 6.07. The van der Waals surface area contributed by atoms with Crippen LogP contribution in [0.25, 0.3) is 6.08 Å². The zero-order valence-electron chi connectivity index (χ0n) is 13.2. The Labute approximate surface area is 135 Å². The number of carbonyl (C=O) groups is 2. The first-order valence-corrected chi connectivity index (χ1v) is 7.38. The lowest BCUT2D eigenvalue weighted by Crippen LogP contribution is -2.09. The van der Waals surface area contributed by atoms with Crippen molar-refractivity contribution in [3.8, 4) is 5.75 Å². The van der Waals surface area contributed by atoms with Crippen LogP contribution in [0, 0.1) is 0 Å². The van der Waals surface area contributed by atoms with Crippen molar-refractivity contribution in [2.24, 2.45) is 0 Å². The summed E-state index contributed by atoms with van der Waals surface area (Å²) < 4.78 is 5.09. The SMILES string of the molecule is CCC(=O)Nc1cccc(C(=O)C=Cc2ccc(OC)cc2)c1. The molecule has 0 aliphatic rings. The molecule has 0 aliphatic carbocycles. The molecule has 0 unspecified atom stereocenters. The van der Waals surface area contributed by atoms with Crippen molar-refractivity contribution >= 4 is 23.5 Å². The summed E-state index contributed by atoms with van der Waals surface area (Å²) in [4.78, 5) is 23.6. The van der Waals surface area contributed by atoms with E-state index in [0.717, 1.165) is 11.3 Å². The van der Waals surface area contributed by atoms with Gasteiger partial charge in [0.1, 0.15) is 5.75 Å². The number of amides is 1. The molecule has 2 rings (SSSR count). The first-order chi connectivity index (χ1) is 11.1. The Hall–Kier alpha value is -2.88. The summed E-state index contributed by atoms with van der Waals surface area (Å²) in [5.74, 6) is 0.574. The Balaban J connectivity index is 2.08. The lowest BCUT2D eigenvalue weighted by Gasteiger charge is -2.04. The molecule has 0 saturated heterocycles. The van der Waals surface area contributed by atoms with Gasteiger partial charge in [0.25, 0.3) is 0 Å². The number of ether oxygens (including phenoxy) is 1. The fourth-order valence-corrected chi connectivity index (χ4v) is 1.98. The van der Waals surface area contributed by atoms with Gasteiger partial charge in [0, 0.05) is 17.7 Å². The number of allylic oxidation sites excluding steroid dienone is 1. The highest BCUT2D eigenvalue weighted by Gasteiger charge is 2.04. The molecule has 1 N–H and O–H groups in total. The second kappa shape index (κ2) is 7.94. The minimum absolute atomic E-state index is 0.0802. The van der Waals surface area contributed by atoms with Crippen LogP contribution in [0.3, 0.4) is 0 Å². The van der Waals surface area contributed by atoms with Crippen molar-refractivity contribution in [3.63, 3.8) is 0 Å². The average molecular weight is 309 g/mol. The van der Waals surface area contributed by atoms with Crippen LogP contribution in [-0.4, -0.2) is 18.8 Å². The van der Waals surface area contributed by atoms with Crippen LogP contribution in [0.15, 0.2) is 54.6 Å². The second-order valence-electron chi connectivity index (χ2n) is 4.95. The maximum absolute atomic E-state index is 12.2. The Morgan fingerprint density at radius 3 is 2.52 bits per heavy atom. The zero-order chi connectivity index (χ0) is 16.7. The van der Waals surface area contributed by atoms with E-state index in [1.165, 1.54) is 6.08 Å². The minimum atomic E-state index is -0.117. The summed E-state index contributed by atoms with van der Waals surface area (Å²) in [5, 5.41) is 2.74. The summed E-state index contributed by atoms with van der Waals surface area (Å²) in [5.41, 5.74) is 2.07. The zero-order valence-corrected chi connectivity index (χ0v) is 13.2. The van der Waals surface area contributed by atoms with Gasteiger partial charge in [-0.25, -0.2) is 0 Å². The standard InChI is InChI=1S/C19H19NO3/c1-3-19(22)20-16-6-4-5-15(13-16)18(21)12-9-14-7-10-17(23-2)11-8-14/h4-13H,3H2,1-2H3,(H,20,22). The van der Waals surface area contributed by atoms with Gasteiger partial charge >= 0.3 is 0 Å². The summed E-state index contributed by atoms with van der Waals surface area (Å²) in [7, 11) is 1.61. The molecule has 1 amide bonds. The number of anilines is 1. The van der Waals surface area contributed by atoms with Crippen molar-refractivity contribution in [2.45, 2.75) is 13.3 Å². The topological polar surface area (TPSA) is 55.4 Å². The highest BCUT2D eigenvalue weighted by atomic mass is 16.5. The van der Waals surface area contributed by atoms with Crippen molar-refractivity contribution in [2.75, 3.05) is 12.4 Å². The molecule has 0 saturated carbocycles. The summed E-state index contributed by atoms with van der Waals surface area (Å²) in [6, 6.07) is 14.3. The van der Waals surface area contributed by atoms with Crippen molar-refractivity contribution in [1.29, 1.82) is 0 Å². The van der Waals surface area contributed by atoms with Crippen LogP contribution >= 0.6 is 0 Å². The third-order valence-electron chi connectivity index (χ3n) is 3.29. The highest BCUT2D eigenvalue weighted by Crippen LogP contribution is 2.15. The van der Waals surface area contributed by atoms with Crippen LogP contribution < -0.4 is 10.1 Å². The molecule has 118 valence electrons. The van der Waals surface area contributed by atoms with E-state index in [9.17, 15) is 9.59 Å². The molecular formula is C19H19NO3. The van der Waals surface area contributed by atoms with Gasteiger partial charge in [-0.2, -0.15) is 0 Å². The molecule has 2 aromatic carbocycles. The van der Waals surface area contributed by atoms with Gasteiger partial charge in [-0.05, 0) is 35.9 Å². The van der Waals surface area contributed by atoms with Crippen molar-refractivity contribution in [3.05, 3.63) is 65.7 Å². The molecular weight excluding hydrogens is 290 g/mol. The molecule has 0 aliphatic heterocycles. The van der Waals surface area contributed by atoms with E-state index in [4.69, 9.17) is 4.74 Å². The van der Waals surface area contributed by atoms with E-state index in [1.807, 2.05) is 24.3 Å². The fraction of sp³-hybridized carbons (Fsp3) is 0.158. The molecule has 0 aromatic heterocycles. The molecule has 0 atom stereocenters. The van der Waals surface area contributed by atoms with E-state index < -0.39 is 0 Å². The minimum Gasteiger partial charge on any atom is -0.497 e. The van der Waals surface area contributed by atoms with Crippen LogP contribution in [0.5, 0.6) is 5.75 Å². The Morgan fingerprint density at radius 1 is 1.13 bits per heavy atom. The van der Waals surface area contributed by atoms with Gasteiger partial charge in [0.15, 0.2) is 5.78 Å². The van der Waals surface area contributed by atoms with Crippen molar-refractivity contribution < 1.29 is 14.3 Å². The second-order valence-corrected chi connectivity index (χ2v) is 4.95. The average Bonchev–Trinajstić information content (AvgIpc) is 2.60. The van der Waals surface area contributed by atoms with Crippen LogP contribution in [0.2, 0.25) is 0 Å². The van der Waals surface area contributed by atoms with Gasteiger partial charge in [-0.15, -0.1) is 0 Å². The normalized spacial score (nSPS) is 10.5. The van der Waals surface area contributed by atoms with Gasteiger partial charge in [0.2, 0.25) is 5.91 Å². The van der Waals surface area contributed by atoms with Crippen LogP contribution in [0.4, 0.5) is 5.69 Å². The Kier molecular flexibility index (Phi) is 5.69. The first-order valence-electron chi connectivity index (χ1n) is 7.38. The molecule has 0 fully saturated rings. The number of carbonyl (C=O) groups excluding carboxylic acids is 2. The van der Waals surface area contributed by atoms with Gasteiger partial charge in [0.05, 0.1) is 7.11 Å².